The van der Waals surface area contributed by atoms with Gasteiger partial charge in [-0.25, -0.2) is 8.42 Å². The van der Waals surface area contributed by atoms with Gasteiger partial charge in [-0.1, -0.05) is 12.1 Å². The van der Waals surface area contributed by atoms with Gasteiger partial charge in [0.15, 0.2) is 0 Å². The number of alkyl halides is 3. The molecule has 0 unspecified atom stereocenters. The van der Waals surface area contributed by atoms with Crippen LogP contribution in [0.15, 0.2) is 29.2 Å². The second kappa shape index (κ2) is 10.3. The lowest BCUT2D eigenvalue weighted by Crippen LogP contribution is -2.40. The number of sulfonamides is 1. The highest BCUT2D eigenvalue weighted by Crippen LogP contribution is 2.20. The first-order valence-electron chi connectivity index (χ1n) is 10.4. The van der Waals surface area contributed by atoms with Crippen molar-refractivity contribution in [2.75, 3.05) is 59.0 Å². The normalized spacial score (nSPS) is 19.9. The molecule has 2 heterocycles. The number of benzene rings is 1. The quantitative estimate of drug-likeness (QED) is 0.643. The second-order valence-electron chi connectivity index (χ2n) is 7.79. The Labute approximate surface area is 180 Å². The Kier molecular flexibility index (Phi) is 7.95. The molecule has 0 spiro atoms. The fourth-order valence-electron chi connectivity index (χ4n) is 3.81. The predicted molar refractivity (Wildman–Crippen MR) is 108 cm³/mol. The van der Waals surface area contributed by atoms with E-state index in [1.165, 1.54) is 9.21 Å². The number of aryl methyl sites for hydroxylation is 1. The van der Waals surface area contributed by atoms with Gasteiger partial charge >= 0.3 is 6.18 Å². The predicted octanol–water partition coefficient (Wildman–Crippen LogP) is 1.74. The minimum Gasteiger partial charge on any atom is -0.379 e. The molecule has 0 atom stereocenters. The molecular weight excluding hydrogens is 435 g/mol. The summed E-state index contributed by atoms with van der Waals surface area (Å²) in [4.78, 5) is 15.7. The van der Waals surface area contributed by atoms with Gasteiger partial charge in [-0.3, -0.25) is 9.69 Å². The molecule has 0 aliphatic carbocycles. The first-order chi connectivity index (χ1) is 14.6. The summed E-state index contributed by atoms with van der Waals surface area (Å²) in [7, 11) is -3.56. The van der Waals surface area contributed by atoms with Crippen LogP contribution in [-0.4, -0.2) is 93.6 Å². The zero-order chi connectivity index (χ0) is 22.5. The summed E-state index contributed by atoms with van der Waals surface area (Å²) in [5.74, 6) is -0.0983. The van der Waals surface area contributed by atoms with Crippen LogP contribution in [0, 0.1) is 0 Å². The number of carbonyl (C=O) groups excluding carboxylic acids is 1. The van der Waals surface area contributed by atoms with E-state index in [1.54, 1.807) is 29.2 Å². The minimum atomic E-state index is -4.24. The van der Waals surface area contributed by atoms with Crippen LogP contribution in [-0.2, 0) is 26.0 Å². The lowest BCUT2D eigenvalue weighted by molar-refractivity contribution is -0.145. The molecule has 1 aromatic carbocycles. The smallest absolute Gasteiger partial charge is 0.379 e. The Morgan fingerprint density at radius 1 is 0.968 bits per heavy atom. The molecule has 0 radical (unpaired) electrons. The summed E-state index contributed by atoms with van der Waals surface area (Å²) >= 11 is 0. The number of carbonyl (C=O) groups is 1. The monoisotopic (exact) mass is 463 g/mol. The largest absolute Gasteiger partial charge is 0.401 e. The van der Waals surface area contributed by atoms with Gasteiger partial charge in [0.1, 0.15) is 0 Å². The summed E-state index contributed by atoms with van der Waals surface area (Å²) in [5, 5.41) is 0. The van der Waals surface area contributed by atoms with Gasteiger partial charge in [-0.2, -0.15) is 17.5 Å². The number of hydrogen-bond donors (Lipinski definition) is 0. The molecule has 2 aliphatic rings. The van der Waals surface area contributed by atoms with Gasteiger partial charge in [-0.05, 0) is 30.5 Å². The number of amides is 1. The van der Waals surface area contributed by atoms with Gasteiger partial charge in [0.2, 0.25) is 15.9 Å². The molecule has 31 heavy (non-hydrogen) atoms. The zero-order valence-electron chi connectivity index (χ0n) is 17.3. The molecule has 1 amide bonds. The second-order valence-corrected chi connectivity index (χ2v) is 9.72. The van der Waals surface area contributed by atoms with E-state index < -0.39 is 22.7 Å². The highest BCUT2D eigenvalue weighted by atomic mass is 32.2. The molecule has 0 aromatic heterocycles. The fourth-order valence-corrected chi connectivity index (χ4v) is 5.21. The minimum absolute atomic E-state index is 0.0983. The SMILES string of the molecule is O=C(CCc1ccc(S(=O)(=O)N2CCOCC2)cc1)N1CCCN(CC(F)(F)F)CC1. The van der Waals surface area contributed by atoms with Crippen LogP contribution in [0.4, 0.5) is 13.2 Å². The van der Waals surface area contributed by atoms with Crippen LogP contribution in [0.5, 0.6) is 0 Å². The Bertz CT molecular complexity index is 840. The van der Waals surface area contributed by atoms with Crippen molar-refractivity contribution in [1.29, 1.82) is 0 Å². The average Bonchev–Trinajstić information content (AvgIpc) is 2.97. The third-order valence-electron chi connectivity index (χ3n) is 5.50. The van der Waals surface area contributed by atoms with Crippen LogP contribution in [0.3, 0.4) is 0 Å². The maximum atomic E-state index is 12.7. The average molecular weight is 464 g/mol. The lowest BCUT2D eigenvalue weighted by atomic mass is 10.1. The molecule has 0 bridgehead atoms. The van der Waals surface area contributed by atoms with Gasteiger partial charge in [0, 0.05) is 45.7 Å². The van der Waals surface area contributed by atoms with Crippen LogP contribution < -0.4 is 0 Å². The molecule has 11 heteroatoms. The Balaban J connectivity index is 1.50. The van der Waals surface area contributed by atoms with E-state index in [1.807, 2.05) is 0 Å². The van der Waals surface area contributed by atoms with Crippen molar-refractivity contribution in [1.82, 2.24) is 14.1 Å². The maximum Gasteiger partial charge on any atom is 0.401 e. The fraction of sp³-hybridized carbons (Fsp3) is 0.650. The third-order valence-corrected chi connectivity index (χ3v) is 7.42. The Morgan fingerprint density at radius 2 is 1.65 bits per heavy atom. The summed E-state index contributed by atoms with van der Waals surface area (Å²) in [6, 6.07) is 6.50. The molecule has 7 nitrogen and oxygen atoms in total. The van der Waals surface area contributed by atoms with Crippen LogP contribution in [0.25, 0.3) is 0 Å². The van der Waals surface area contributed by atoms with E-state index in [0.29, 0.717) is 52.2 Å². The van der Waals surface area contributed by atoms with E-state index in [4.69, 9.17) is 4.74 Å². The van der Waals surface area contributed by atoms with E-state index >= 15 is 0 Å². The molecule has 174 valence electrons. The number of nitrogens with zero attached hydrogens (tertiary/aromatic N) is 3. The van der Waals surface area contributed by atoms with E-state index in [9.17, 15) is 26.4 Å². The van der Waals surface area contributed by atoms with Crippen LogP contribution >= 0.6 is 0 Å². The molecule has 0 N–H and O–H groups in total. The molecule has 0 saturated carbocycles. The molecular formula is C20H28F3N3O4S. The Morgan fingerprint density at radius 3 is 2.29 bits per heavy atom. The maximum absolute atomic E-state index is 12.7. The summed E-state index contributed by atoms with van der Waals surface area (Å²) in [5.41, 5.74) is 0.836. The van der Waals surface area contributed by atoms with Crippen molar-refractivity contribution in [3.05, 3.63) is 29.8 Å². The van der Waals surface area contributed by atoms with Gasteiger partial charge in [0.25, 0.3) is 0 Å². The highest BCUT2D eigenvalue weighted by molar-refractivity contribution is 7.89. The molecule has 2 aliphatic heterocycles. The number of rotatable bonds is 6. The number of hydrogen-bond acceptors (Lipinski definition) is 5. The van der Waals surface area contributed by atoms with Crippen molar-refractivity contribution in [2.24, 2.45) is 0 Å². The van der Waals surface area contributed by atoms with Crippen LogP contribution in [0.1, 0.15) is 18.4 Å². The third kappa shape index (κ3) is 6.90. The van der Waals surface area contributed by atoms with Crippen LogP contribution in [0.2, 0.25) is 0 Å². The van der Waals surface area contributed by atoms with Gasteiger partial charge in [-0.15, -0.1) is 0 Å². The first kappa shape index (κ1) is 24.0. The summed E-state index contributed by atoms with van der Waals surface area (Å²) in [6.45, 7) is 1.73. The van der Waals surface area contributed by atoms with Gasteiger partial charge in [0.05, 0.1) is 24.7 Å². The number of morpholine rings is 1. The summed E-state index contributed by atoms with van der Waals surface area (Å²) < 4.78 is 69.6. The molecule has 2 fully saturated rings. The van der Waals surface area contributed by atoms with Gasteiger partial charge < -0.3 is 9.64 Å². The van der Waals surface area contributed by atoms with Crippen molar-refractivity contribution >= 4 is 15.9 Å². The first-order valence-corrected chi connectivity index (χ1v) is 11.8. The molecule has 3 rings (SSSR count). The van der Waals surface area contributed by atoms with E-state index in [-0.39, 0.29) is 30.3 Å². The van der Waals surface area contributed by atoms with Crippen molar-refractivity contribution in [3.8, 4) is 0 Å². The van der Waals surface area contributed by atoms with Crippen molar-refractivity contribution in [3.63, 3.8) is 0 Å². The Hall–Kier alpha value is -1.69. The topological polar surface area (TPSA) is 70.2 Å². The number of ether oxygens (including phenoxy) is 1. The van der Waals surface area contributed by atoms with Crippen molar-refractivity contribution < 1.29 is 31.1 Å². The van der Waals surface area contributed by atoms with E-state index in [0.717, 1.165) is 5.56 Å². The van der Waals surface area contributed by atoms with E-state index in [2.05, 4.69) is 0 Å². The van der Waals surface area contributed by atoms with Crippen molar-refractivity contribution in [2.45, 2.75) is 30.3 Å². The molecule has 2 saturated heterocycles. The zero-order valence-corrected chi connectivity index (χ0v) is 18.1. The molecule has 1 aromatic rings. The standard InChI is InChI=1S/C20H28F3N3O4S/c21-20(22,23)16-24-8-1-9-25(11-10-24)19(27)7-4-17-2-5-18(6-3-17)31(28,29)26-12-14-30-15-13-26/h2-3,5-6H,1,4,7-16H2. The summed E-state index contributed by atoms with van der Waals surface area (Å²) in [6.07, 6.45) is -3.05. The lowest BCUT2D eigenvalue weighted by Gasteiger charge is -2.26. The highest BCUT2D eigenvalue weighted by Gasteiger charge is 2.32. The number of halogens is 3.